The number of rotatable bonds is 6. The second-order valence-corrected chi connectivity index (χ2v) is 6.32. The monoisotopic (exact) mass is 333 g/mol. The second kappa shape index (κ2) is 7.45. The Morgan fingerprint density at radius 2 is 1.29 bits per heavy atom. The van der Waals surface area contributed by atoms with Crippen molar-refractivity contribution in [3.05, 3.63) is 102 Å². The Morgan fingerprint density at radius 1 is 0.833 bits per heavy atom. The number of thiol groups is 1. The Labute approximate surface area is 148 Å². The van der Waals surface area contributed by atoms with Gasteiger partial charge in [-0.2, -0.15) is 12.6 Å². The molecule has 0 radical (unpaired) electrons. The van der Waals surface area contributed by atoms with Crippen LogP contribution in [0.1, 0.15) is 23.1 Å². The molecule has 0 unspecified atom stereocenters. The van der Waals surface area contributed by atoms with Crippen molar-refractivity contribution in [2.24, 2.45) is 0 Å². The highest BCUT2D eigenvalue weighted by molar-refractivity contribution is 7.81. The third kappa shape index (κ3) is 2.87. The molecule has 3 aromatic rings. The molecule has 1 aromatic heterocycles. The first-order valence-electron chi connectivity index (χ1n) is 7.93. The van der Waals surface area contributed by atoms with Gasteiger partial charge in [0.2, 0.25) is 0 Å². The minimum atomic E-state index is -0.518. The maximum atomic E-state index is 11.3. The SMILES string of the molecule is O=CC[C@H](S)C(c1ccccc1)(c1ccccc1)c1ccncc1. The zero-order chi connectivity index (χ0) is 16.8. The average molecular weight is 333 g/mol. The molecule has 120 valence electrons. The summed E-state index contributed by atoms with van der Waals surface area (Å²) < 4.78 is 0. The highest BCUT2D eigenvalue weighted by Gasteiger charge is 2.41. The second-order valence-electron chi connectivity index (χ2n) is 5.69. The van der Waals surface area contributed by atoms with E-state index in [2.05, 4.69) is 29.2 Å². The summed E-state index contributed by atoms with van der Waals surface area (Å²) in [4.78, 5) is 15.5. The van der Waals surface area contributed by atoms with E-state index >= 15 is 0 Å². The van der Waals surface area contributed by atoms with Gasteiger partial charge in [0.05, 0.1) is 5.41 Å². The first kappa shape index (κ1) is 16.5. The maximum absolute atomic E-state index is 11.3. The van der Waals surface area contributed by atoms with E-state index in [1.807, 2.05) is 48.5 Å². The number of benzene rings is 2. The Kier molecular flexibility index (Phi) is 5.11. The van der Waals surface area contributed by atoms with Gasteiger partial charge in [-0.1, -0.05) is 60.7 Å². The number of aldehydes is 1. The fourth-order valence-electron chi connectivity index (χ4n) is 3.36. The lowest BCUT2D eigenvalue weighted by Crippen LogP contribution is -2.39. The number of hydrogen-bond acceptors (Lipinski definition) is 3. The maximum Gasteiger partial charge on any atom is 0.121 e. The summed E-state index contributed by atoms with van der Waals surface area (Å²) in [5.74, 6) is 0. The highest BCUT2D eigenvalue weighted by Crippen LogP contribution is 2.44. The van der Waals surface area contributed by atoms with Gasteiger partial charge in [0.15, 0.2) is 0 Å². The van der Waals surface area contributed by atoms with Crippen molar-refractivity contribution < 1.29 is 4.79 Å². The molecule has 0 saturated carbocycles. The van der Waals surface area contributed by atoms with Crippen molar-refractivity contribution in [2.45, 2.75) is 17.1 Å². The number of pyridine rings is 1. The molecule has 2 nitrogen and oxygen atoms in total. The van der Waals surface area contributed by atoms with Gasteiger partial charge in [-0.3, -0.25) is 4.98 Å². The zero-order valence-electron chi connectivity index (χ0n) is 13.2. The summed E-state index contributed by atoms with van der Waals surface area (Å²) in [6.07, 6.45) is 4.88. The van der Waals surface area contributed by atoms with Crippen LogP contribution in [0.2, 0.25) is 0 Å². The van der Waals surface area contributed by atoms with Gasteiger partial charge >= 0.3 is 0 Å². The van der Waals surface area contributed by atoms with Crippen molar-refractivity contribution in [3.63, 3.8) is 0 Å². The van der Waals surface area contributed by atoms with E-state index in [0.29, 0.717) is 6.42 Å². The van der Waals surface area contributed by atoms with Crippen molar-refractivity contribution in [2.75, 3.05) is 0 Å². The summed E-state index contributed by atoms with van der Waals surface area (Å²) >= 11 is 4.87. The molecule has 0 fully saturated rings. The van der Waals surface area contributed by atoms with Gasteiger partial charge in [0, 0.05) is 24.1 Å². The Morgan fingerprint density at radius 3 is 1.75 bits per heavy atom. The molecule has 0 amide bonds. The van der Waals surface area contributed by atoms with Crippen LogP contribution >= 0.6 is 12.6 Å². The van der Waals surface area contributed by atoms with E-state index in [1.165, 1.54) is 0 Å². The molecule has 0 spiro atoms. The van der Waals surface area contributed by atoms with Crippen molar-refractivity contribution in [3.8, 4) is 0 Å². The molecule has 1 heterocycles. The molecule has 2 aromatic carbocycles. The van der Waals surface area contributed by atoms with Crippen LogP contribution in [0.4, 0.5) is 0 Å². The zero-order valence-corrected chi connectivity index (χ0v) is 14.1. The van der Waals surface area contributed by atoms with E-state index in [-0.39, 0.29) is 5.25 Å². The molecule has 3 heteroatoms. The predicted molar refractivity (Wildman–Crippen MR) is 100 cm³/mol. The van der Waals surface area contributed by atoms with E-state index < -0.39 is 5.41 Å². The normalized spacial score (nSPS) is 12.5. The van der Waals surface area contributed by atoms with Crippen LogP contribution in [0.15, 0.2) is 85.2 Å². The van der Waals surface area contributed by atoms with Gasteiger partial charge in [-0.25, -0.2) is 0 Å². The highest BCUT2D eigenvalue weighted by atomic mass is 32.1. The van der Waals surface area contributed by atoms with Crippen LogP contribution < -0.4 is 0 Å². The van der Waals surface area contributed by atoms with E-state index in [4.69, 9.17) is 12.6 Å². The first-order chi connectivity index (χ1) is 11.8. The number of nitrogens with zero attached hydrogens (tertiary/aromatic N) is 1. The molecular formula is C21H19NOS. The Balaban J connectivity index is 2.35. The molecule has 0 saturated heterocycles. The van der Waals surface area contributed by atoms with E-state index in [1.54, 1.807) is 12.4 Å². The van der Waals surface area contributed by atoms with E-state index in [9.17, 15) is 4.79 Å². The van der Waals surface area contributed by atoms with Crippen molar-refractivity contribution >= 4 is 18.9 Å². The molecule has 1 atom stereocenters. The Bertz CT molecular complexity index is 678. The summed E-state index contributed by atoms with van der Waals surface area (Å²) in [7, 11) is 0. The summed E-state index contributed by atoms with van der Waals surface area (Å²) in [5.41, 5.74) is 2.79. The molecule has 0 aliphatic carbocycles. The lowest BCUT2D eigenvalue weighted by atomic mass is 9.66. The summed E-state index contributed by atoms with van der Waals surface area (Å²) in [6.45, 7) is 0. The first-order valence-corrected chi connectivity index (χ1v) is 8.45. The minimum absolute atomic E-state index is 0.192. The molecule has 0 aliphatic heterocycles. The van der Waals surface area contributed by atoms with Crippen molar-refractivity contribution in [1.29, 1.82) is 0 Å². The lowest BCUT2D eigenvalue weighted by Gasteiger charge is -2.40. The minimum Gasteiger partial charge on any atom is -0.303 e. The quantitative estimate of drug-likeness (QED) is 0.538. The summed E-state index contributed by atoms with van der Waals surface area (Å²) in [6, 6.07) is 24.5. The molecule has 0 bridgehead atoms. The number of carbonyl (C=O) groups is 1. The molecule has 3 rings (SSSR count). The molecule has 24 heavy (non-hydrogen) atoms. The third-order valence-corrected chi connectivity index (χ3v) is 5.01. The topological polar surface area (TPSA) is 30.0 Å². The van der Waals surface area contributed by atoms with Gasteiger partial charge in [-0.05, 0) is 28.8 Å². The van der Waals surface area contributed by atoms with Gasteiger partial charge < -0.3 is 4.79 Å². The number of hydrogen-bond donors (Lipinski definition) is 1. The fraction of sp³-hybridized carbons (Fsp3) is 0.143. The molecule has 0 aliphatic rings. The number of aromatic nitrogens is 1. The van der Waals surface area contributed by atoms with Crippen LogP contribution in [0, 0.1) is 0 Å². The van der Waals surface area contributed by atoms with Crippen LogP contribution in [-0.2, 0) is 10.2 Å². The fourth-order valence-corrected chi connectivity index (χ4v) is 3.90. The van der Waals surface area contributed by atoms with Gasteiger partial charge in [0.1, 0.15) is 6.29 Å². The van der Waals surface area contributed by atoms with Gasteiger partial charge in [-0.15, -0.1) is 0 Å². The van der Waals surface area contributed by atoms with Crippen molar-refractivity contribution in [1.82, 2.24) is 4.98 Å². The van der Waals surface area contributed by atoms with Crippen LogP contribution in [0.25, 0.3) is 0 Å². The Hall–Kier alpha value is -2.39. The van der Waals surface area contributed by atoms with Gasteiger partial charge in [0.25, 0.3) is 0 Å². The smallest absolute Gasteiger partial charge is 0.121 e. The van der Waals surface area contributed by atoms with Crippen LogP contribution in [0.3, 0.4) is 0 Å². The summed E-state index contributed by atoms with van der Waals surface area (Å²) in [5, 5.41) is -0.192. The number of carbonyl (C=O) groups excluding carboxylic acids is 1. The predicted octanol–water partition coefficient (Wildman–Crippen LogP) is 4.30. The third-order valence-electron chi connectivity index (χ3n) is 4.41. The van der Waals surface area contributed by atoms with E-state index in [0.717, 1.165) is 23.0 Å². The standard InChI is InChI=1S/C21H19NOS/c23-16-13-20(24)21(17-7-3-1-4-8-17,18-9-5-2-6-10-18)19-11-14-22-15-12-19/h1-12,14-16,20,24H,13H2/t20-/m0/s1. The average Bonchev–Trinajstić information content (AvgIpc) is 2.65. The van der Waals surface area contributed by atoms with Crippen LogP contribution in [-0.4, -0.2) is 16.5 Å². The largest absolute Gasteiger partial charge is 0.303 e. The van der Waals surface area contributed by atoms with Crippen LogP contribution in [0.5, 0.6) is 0 Å². The molecule has 0 N–H and O–H groups in total. The lowest BCUT2D eigenvalue weighted by molar-refractivity contribution is -0.107. The molecular weight excluding hydrogens is 314 g/mol.